The van der Waals surface area contributed by atoms with E-state index in [4.69, 9.17) is 4.74 Å². The minimum atomic E-state index is 0.253. The first kappa shape index (κ1) is 18.5. The number of ether oxygens (including phenoxy) is 1. The molecule has 0 bridgehead atoms. The Hall–Kier alpha value is -0.510. The van der Waals surface area contributed by atoms with Gasteiger partial charge in [0.15, 0.2) is 0 Å². The van der Waals surface area contributed by atoms with Crippen molar-refractivity contribution in [3.63, 3.8) is 0 Å². The van der Waals surface area contributed by atoms with Crippen LogP contribution in [0.4, 0.5) is 0 Å². The number of hydrogen-bond acceptors (Lipinski definition) is 3. The molecule has 1 aromatic carbocycles. The summed E-state index contributed by atoms with van der Waals surface area (Å²) in [6.45, 7) is 7.29. The topological polar surface area (TPSA) is 21.3 Å². The molecule has 2 nitrogen and oxygen atoms in total. The predicted molar refractivity (Wildman–Crippen MR) is 95.4 cm³/mol. The molecule has 0 aliphatic heterocycles. The fourth-order valence-corrected chi connectivity index (χ4v) is 3.43. The van der Waals surface area contributed by atoms with Crippen molar-refractivity contribution < 1.29 is 4.74 Å². The Morgan fingerprint density at radius 3 is 2.57 bits per heavy atom. The van der Waals surface area contributed by atoms with Gasteiger partial charge in [0.2, 0.25) is 0 Å². The molecule has 0 aliphatic carbocycles. The third-order valence-corrected chi connectivity index (χ3v) is 5.14. The summed E-state index contributed by atoms with van der Waals surface area (Å²) in [4.78, 5) is 0. The summed E-state index contributed by atoms with van der Waals surface area (Å²) in [6, 6.07) is 11.0. The Morgan fingerprint density at radius 2 is 1.95 bits per heavy atom. The van der Waals surface area contributed by atoms with Gasteiger partial charge < -0.3 is 10.1 Å². The number of methoxy groups -OCH3 is 1. The van der Waals surface area contributed by atoms with E-state index in [0.717, 1.165) is 19.7 Å². The molecule has 1 N–H and O–H groups in total. The lowest BCUT2D eigenvalue weighted by atomic mass is 9.74. The minimum Gasteiger partial charge on any atom is -0.383 e. The first-order valence-electron chi connectivity index (χ1n) is 8.12. The standard InChI is InChI=1S/C18H31NOS/c1-4-18(12-9-15-21-5-2,16-19-13-14-20-3)17-10-7-6-8-11-17/h6-8,10-11,19H,4-5,9,12-16H2,1-3H3. The second-order valence-corrected chi connectivity index (χ2v) is 6.86. The lowest BCUT2D eigenvalue weighted by Crippen LogP contribution is -2.39. The van der Waals surface area contributed by atoms with Crippen molar-refractivity contribution in [2.75, 3.05) is 38.3 Å². The molecule has 0 saturated carbocycles. The molecular weight excluding hydrogens is 278 g/mol. The molecule has 1 rings (SSSR count). The lowest BCUT2D eigenvalue weighted by molar-refractivity contribution is 0.195. The zero-order valence-corrected chi connectivity index (χ0v) is 14.7. The highest BCUT2D eigenvalue weighted by Crippen LogP contribution is 2.33. The Morgan fingerprint density at radius 1 is 1.19 bits per heavy atom. The highest BCUT2D eigenvalue weighted by Gasteiger charge is 2.29. The maximum atomic E-state index is 5.14. The summed E-state index contributed by atoms with van der Waals surface area (Å²) < 4.78 is 5.14. The van der Waals surface area contributed by atoms with Crippen LogP contribution in [0.5, 0.6) is 0 Å². The third kappa shape index (κ3) is 6.41. The van der Waals surface area contributed by atoms with Crippen LogP contribution in [0.25, 0.3) is 0 Å². The Balaban J connectivity index is 2.70. The highest BCUT2D eigenvalue weighted by molar-refractivity contribution is 7.99. The van der Waals surface area contributed by atoms with E-state index in [1.54, 1.807) is 7.11 Å². The molecule has 0 saturated heterocycles. The highest BCUT2D eigenvalue weighted by atomic mass is 32.2. The van der Waals surface area contributed by atoms with Crippen LogP contribution < -0.4 is 5.32 Å². The van der Waals surface area contributed by atoms with Crippen molar-refractivity contribution in [1.29, 1.82) is 0 Å². The average Bonchev–Trinajstić information content (AvgIpc) is 2.54. The zero-order valence-electron chi connectivity index (χ0n) is 13.9. The van der Waals surface area contributed by atoms with Gasteiger partial charge in [0.25, 0.3) is 0 Å². The Kier molecular flexibility index (Phi) is 9.81. The average molecular weight is 310 g/mol. The van der Waals surface area contributed by atoms with Gasteiger partial charge in [0.1, 0.15) is 0 Å². The molecule has 1 atom stereocenters. The van der Waals surface area contributed by atoms with E-state index in [0.29, 0.717) is 0 Å². The number of rotatable bonds is 12. The van der Waals surface area contributed by atoms with Gasteiger partial charge in [-0.05, 0) is 36.3 Å². The summed E-state index contributed by atoms with van der Waals surface area (Å²) in [5.41, 5.74) is 1.72. The molecule has 0 fully saturated rings. The van der Waals surface area contributed by atoms with Gasteiger partial charge in [0.05, 0.1) is 6.61 Å². The van der Waals surface area contributed by atoms with Gasteiger partial charge in [-0.25, -0.2) is 0 Å². The van der Waals surface area contributed by atoms with Gasteiger partial charge in [0, 0.05) is 25.6 Å². The van der Waals surface area contributed by atoms with Crippen LogP contribution in [0, 0.1) is 0 Å². The number of thioether (sulfide) groups is 1. The van der Waals surface area contributed by atoms with E-state index in [1.807, 2.05) is 11.8 Å². The molecule has 3 heteroatoms. The van der Waals surface area contributed by atoms with Crippen LogP contribution in [0.3, 0.4) is 0 Å². The predicted octanol–water partition coefficient (Wildman–Crippen LogP) is 4.10. The first-order valence-corrected chi connectivity index (χ1v) is 9.27. The Bertz CT molecular complexity index is 343. The normalized spacial score (nSPS) is 14.0. The second-order valence-electron chi connectivity index (χ2n) is 5.47. The summed E-state index contributed by atoms with van der Waals surface area (Å²) >= 11 is 2.05. The fourth-order valence-electron chi connectivity index (χ4n) is 2.79. The number of hydrogen-bond donors (Lipinski definition) is 1. The van der Waals surface area contributed by atoms with Crippen LogP contribution in [0.15, 0.2) is 30.3 Å². The molecule has 0 radical (unpaired) electrons. The van der Waals surface area contributed by atoms with Crippen molar-refractivity contribution in [3.8, 4) is 0 Å². The number of benzene rings is 1. The van der Waals surface area contributed by atoms with Crippen LogP contribution in [-0.4, -0.2) is 38.3 Å². The van der Waals surface area contributed by atoms with E-state index in [-0.39, 0.29) is 5.41 Å². The smallest absolute Gasteiger partial charge is 0.0587 e. The fraction of sp³-hybridized carbons (Fsp3) is 0.667. The SMILES string of the molecule is CCSCCCC(CC)(CNCCOC)c1ccccc1. The molecule has 21 heavy (non-hydrogen) atoms. The summed E-state index contributed by atoms with van der Waals surface area (Å²) in [6.07, 6.45) is 3.71. The van der Waals surface area contributed by atoms with Crippen LogP contribution in [-0.2, 0) is 10.2 Å². The van der Waals surface area contributed by atoms with Gasteiger partial charge in [-0.2, -0.15) is 11.8 Å². The van der Waals surface area contributed by atoms with E-state index in [1.165, 1.54) is 36.3 Å². The zero-order chi connectivity index (χ0) is 15.4. The summed E-state index contributed by atoms with van der Waals surface area (Å²) in [5.74, 6) is 2.49. The summed E-state index contributed by atoms with van der Waals surface area (Å²) in [5, 5.41) is 3.59. The molecule has 0 spiro atoms. The quantitative estimate of drug-likeness (QED) is 0.587. The van der Waals surface area contributed by atoms with Gasteiger partial charge in [-0.3, -0.25) is 0 Å². The van der Waals surface area contributed by atoms with E-state index in [9.17, 15) is 0 Å². The lowest BCUT2D eigenvalue weighted by Gasteiger charge is -2.34. The van der Waals surface area contributed by atoms with E-state index < -0.39 is 0 Å². The van der Waals surface area contributed by atoms with Gasteiger partial charge in [-0.1, -0.05) is 44.2 Å². The molecule has 1 unspecified atom stereocenters. The Labute approximate surface area is 135 Å². The van der Waals surface area contributed by atoms with Crippen molar-refractivity contribution in [1.82, 2.24) is 5.32 Å². The molecule has 1 aromatic rings. The monoisotopic (exact) mass is 309 g/mol. The van der Waals surface area contributed by atoms with Crippen molar-refractivity contribution in [2.45, 2.75) is 38.5 Å². The maximum absolute atomic E-state index is 5.14. The first-order chi connectivity index (χ1) is 10.3. The minimum absolute atomic E-state index is 0.253. The molecule has 120 valence electrons. The van der Waals surface area contributed by atoms with Crippen molar-refractivity contribution in [2.24, 2.45) is 0 Å². The van der Waals surface area contributed by atoms with Gasteiger partial charge >= 0.3 is 0 Å². The number of nitrogens with one attached hydrogen (secondary N) is 1. The molecular formula is C18H31NOS. The van der Waals surface area contributed by atoms with Crippen LogP contribution in [0.2, 0.25) is 0 Å². The van der Waals surface area contributed by atoms with E-state index >= 15 is 0 Å². The van der Waals surface area contributed by atoms with Gasteiger partial charge in [-0.15, -0.1) is 0 Å². The molecule has 0 heterocycles. The van der Waals surface area contributed by atoms with Crippen LogP contribution >= 0.6 is 11.8 Å². The summed E-state index contributed by atoms with van der Waals surface area (Å²) in [7, 11) is 1.76. The van der Waals surface area contributed by atoms with Crippen LogP contribution in [0.1, 0.15) is 38.7 Å². The molecule has 0 amide bonds. The molecule has 0 aromatic heterocycles. The van der Waals surface area contributed by atoms with Crippen molar-refractivity contribution in [3.05, 3.63) is 35.9 Å². The third-order valence-electron chi connectivity index (χ3n) is 4.16. The van der Waals surface area contributed by atoms with Crippen molar-refractivity contribution >= 4 is 11.8 Å². The van der Waals surface area contributed by atoms with E-state index in [2.05, 4.69) is 49.5 Å². The maximum Gasteiger partial charge on any atom is 0.0587 e. The largest absolute Gasteiger partial charge is 0.383 e. The molecule has 0 aliphatic rings. The second kappa shape index (κ2) is 11.1.